The van der Waals surface area contributed by atoms with Crippen LogP contribution in [0.1, 0.15) is 28.4 Å². The van der Waals surface area contributed by atoms with Crippen LogP contribution < -0.4 is 15.8 Å². The smallest absolute Gasteiger partial charge is 0.256 e. The third-order valence-electron chi connectivity index (χ3n) is 3.26. The molecule has 0 spiro atoms. The summed E-state index contributed by atoms with van der Waals surface area (Å²) in [5.74, 6) is 0.559. The molecule has 21 heavy (non-hydrogen) atoms. The molecule has 2 rings (SSSR count). The first kappa shape index (κ1) is 14.9. The van der Waals surface area contributed by atoms with Crippen molar-refractivity contribution in [1.82, 2.24) is 0 Å². The second kappa shape index (κ2) is 6.31. The van der Waals surface area contributed by atoms with Crippen molar-refractivity contribution < 1.29 is 9.53 Å². The lowest BCUT2D eigenvalue weighted by atomic mass is 10.0. The minimum atomic E-state index is -0.173. The summed E-state index contributed by atoms with van der Waals surface area (Å²) in [7, 11) is 0. The summed E-state index contributed by atoms with van der Waals surface area (Å²) >= 11 is 0. The average Bonchev–Trinajstić information content (AvgIpc) is 2.43. The molecule has 3 N–H and O–H groups in total. The van der Waals surface area contributed by atoms with Crippen molar-refractivity contribution in [3.8, 4) is 5.75 Å². The van der Waals surface area contributed by atoms with Gasteiger partial charge in [-0.3, -0.25) is 4.79 Å². The Hall–Kier alpha value is -2.49. The number of aryl methyl sites for hydroxylation is 2. The summed E-state index contributed by atoms with van der Waals surface area (Å²) < 4.78 is 5.42. The first-order valence-corrected chi connectivity index (χ1v) is 6.92. The van der Waals surface area contributed by atoms with Gasteiger partial charge in [0.15, 0.2) is 0 Å². The van der Waals surface area contributed by atoms with Crippen molar-refractivity contribution >= 4 is 17.3 Å². The molecular weight excluding hydrogens is 264 g/mol. The predicted molar refractivity (Wildman–Crippen MR) is 85.9 cm³/mol. The molecule has 0 heterocycles. The number of nitrogens with one attached hydrogen (secondary N) is 1. The van der Waals surface area contributed by atoms with Gasteiger partial charge >= 0.3 is 0 Å². The lowest BCUT2D eigenvalue weighted by Gasteiger charge is -2.11. The number of nitrogens with two attached hydrogens (primary N) is 1. The average molecular weight is 284 g/mol. The molecule has 0 fully saturated rings. The maximum Gasteiger partial charge on any atom is 0.256 e. The van der Waals surface area contributed by atoms with Crippen LogP contribution in [0.5, 0.6) is 5.75 Å². The maximum absolute atomic E-state index is 12.4. The number of ether oxygens (including phenoxy) is 1. The lowest BCUT2D eigenvalue weighted by molar-refractivity contribution is 0.102. The Morgan fingerprint density at radius 2 is 1.95 bits per heavy atom. The zero-order valence-electron chi connectivity index (χ0n) is 12.6. The molecule has 0 aliphatic rings. The molecule has 0 radical (unpaired) electrons. The summed E-state index contributed by atoms with van der Waals surface area (Å²) in [5.41, 5.74) is 9.66. The first-order valence-electron chi connectivity index (χ1n) is 6.92. The molecule has 0 bridgehead atoms. The number of carbonyl (C=O) groups is 1. The maximum atomic E-state index is 12.4. The van der Waals surface area contributed by atoms with Gasteiger partial charge in [0.2, 0.25) is 0 Å². The number of carbonyl (C=O) groups excluding carboxylic acids is 1. The first-order chi connectivity index (χ1) is 10.0. The Bertz CT molecular complexity index is 666. The number of rotatable bonds is 4. The fourth-order valence-corrected chi connectivity index (χ4v) is 2.14. The molecule has 1 amide bonds. The molecule has 110 valence electrons. The summed E-state index contributed by atoms with van der Waals surface area (Å²) in [6.07, 6.45) is 0. The van der Waals surface area contributed by atoms with E-state index < -0.39 is 0 Å². The Balaban J connectivity index is 2.22. The van der Waals surface area contributed by atoms with Crippen LogP contribution in [0.25, 0.3) is 0 Å². The van der Waals surface area contributed by atoms with Crippen molar-refractivity contribution in [1.29, 1.82) is 0 Å². The zero-order valence-corrected chi connectivity index (χ0v) is 12.6. The van der Waals surface area contributed by atoms with Gasteiger partial charge in [-0.15, -0.1) is 0 Å². The van der Waals surface area contributed by atoms with E-state index in [1.165, 1.54) is 0 Å². The Morgan fingerprint density at radius 1 is 1.19 bits per heavy atom. The minimum absolute atomic E-state index is 0.173. The highest BCUT2D eigenvalue weighted by molar-refractivity contribution is 6.06. The number of benzene rings is 2. The molecule has 0 saturated carbocycles. The molecule has 2 aromatic rings. The fraction of sp³-hybridized carbons (Fsp3) is 0.235. The molecule has 0 aliphatic carbocycles. The Morgan fingerprint density at radius 3 is 2.67 bits per heavy atom. The molecule has 4 nitrogen and oxygen atoms in total. The number of amides is 1. The van der Waals surface area contributed by atoms with E-state index in [2.05, 4.69) is 5.32 Å². The fourth-order valence-electron chi connectivity index (χ4n) is 2.14. The molecule has 0 unspecified atom stereocenters. The standard InChI is InChI=1S/C17H20N2O2/c1-4-21-14-7-5-6-13(9-14)19-17(20)15-10-16(18)12(3)8-11(15)2/h5-10H,4,18H2,1-3H3,(H,19,20). The SMILES string of the molecule is CCOc1cccc(NC(=O)c2cc(N)c(C)cc2C)c1. The van der Waals surface area contributed by atoms with Crippen molar-refractivity contribution in [2.45, 2.75) is 20.8 Å². The predicted octanol–water partition coefficient (Wildman–Crippen LogP) is 3.54. The Labute approximate surface area is 124 Å². The summed E-state index contributed by atoms with van der Waals surface area (Å²) in [5, 5.41) is 2.87. The van der Waals surface area contributed by atoms with Crippen molar-refractivity contribution in [3.05, 3.63) is 53.1 Å². The zero-order chi connectivity index (χ0) is 15.4. The van der Waals surface area contributed by atoms with E-state index in [0.29, 0.717) is 23.5 Å². The van der Waals surface area contributed by atoms with Gasteiger partial charge in [-0.1, -0.05) is 12.1 Å². The summed E-state index contributed by atoms with van der Waals surface area (Å²) in [6, 6.07) is 11.0. The monoisotopic (exact) mass is 284 g/mol. The molecule has 4 heteroatoms. The molecule has 0 aliphatic heterocycles. The van der Waals surface area contributed by atoms with E-state index in [1.54, 1.807) is 12.1 Å². The van der Waals surface area contributed by atoms with Gasteiger partial charge in [0.05, 0.1) is 6.61 Å². The molecule has 0 aromatic heterocycles. The van der Waals surface area contributed by atoms with Crippen LogP contribution in [0.15, 0.2) is 36.4 Å². The molecular formula is C17H20N2O2. The van der Waals surface area contributed by atoms with E-state index in [9.17, 15) is 4.79 Å². The van der Waals surface area contributed by atoms with Crippen LogP contribution in [-0.2, 0) is 0 Å². The van der Waals surface area contributed by atoms with Gasteiger partial charge in [0.1, 0.15) is 5.75 Å². The van der Waals surface area contributed by atoms with Gasteiger partial charge < -0.3 is 15.8 Å². The Kier molecular flexibility index (Phi) is 4.48. The quantitative estimate of drug-likeness (QED) is 0.844. The van der Waals surface area contributed by atoms with Crippen LogP contribution in [-0.4, -0.2) is 12.5 Å². The van der Waals surface area contributed by atoms with Gasteiger partial charge in [0.25, 0.3) is 5.91 Å². The van der Waals surface area contributed by atoms with Crippen molar-refractivity contribution in [2.24, 2.45) is 0 Å². The van der Waals surface area contributed by atoms with E-state index in [4.69, 9.17) is 10.5 Å². The highest BCUT2D eigenvalue weighted by Gasteiger charge is 2.11. The third kappa shape index (κ3) is 3.54. The largest absolute Gasteiger partial charge is 0.494 e. The normalized spacial score (nSPS) is 10.2. The third-order valence-corrected chi connectivity index (χ3v) is 3.26. The number of hydrogen-bond acceptors (Lipinski definition) is 3. The van der Waals surface area contributed by atoms with Crippen LogP contribution in [0.3, 0.4) is 0 Å². The summed E-state index contributed by atoms with van der Waals surface area (Å²) in [4.78, 5) is 12.4. The van der Waals surface area contributed by atoms with Gasteiger partial charge in [-0.05, 0) is 50.1 Å². The van der Waals surface area contributed by atoms with Gasteiger partial charge in [-0.2, -0.15) is 0 Å². The van der Waals surface area contributed by atoms with Gasteiger partial charge in [0, 0.05) is 23.0 Å². The molecule has 2 aromatic carbocycles. The van der Waals surface area contributed by atoms with Crippen LogP contribution in [0.2, 0.25) is 0 Å². The molecule has 0 atom stereocenters. The number of nitrogen functional groups attached to an aromatic ring is 1. The van der Waals surface area contributed by atoms with Crippen LogP contribution in [0.4, 0.5) is 11.4 Å². The minimum Gasteiger partial charge on any atom is -0.494 e. The number of anilines is 2. The second-order valence-corrected chi connectivity index (χ2v) is 4.94. The summed E-state index contributed by atoms with van der Waals surface area (Å²) in [6.45, 7) is 6.34. The second-order valence-electron chi connectivity index (χ2n) is 4.94. The highest BCUT2D eigenvalue weighted by atomic mass is 16.5. The van der Waals surface area contributed by atoms with Crippen molar-refractivity contribution in [3.63, 3.8) is 0 Å². The molecule has 0 saturated heterocycles. The van der Waals surface area contributed by atoms with E-state index in [1.807, 2.05) is 45.0 Å². The lowest BCUT2D eigenvalue weighted by Crippen LogP contribution is -2.14. The topological polar surface area (TPSA) is 64.3 Å². The van der Waals surface area contributed by atoms with E-state index in [0.717, 1.165) is 16.9 Å². The number of hydrogen-bond donors (Lipinski definition) is 2. The van der Waals surface area contributed by atoms with Crippen LogP contribution in [0, 0.1) is 13.8 Å². The van der Waals surface area contributed by atoms with E-state index in [-0.39, 0.29) is 5.91 Å². The van der Waals surface area contributed by atoms with Crippen LogP contribution >= 0.6 is 0 Å². The van der Waals surface area contributed by atoms with Crippen molar-refractivity contribution in [2.75, 3.05) is 17.7 Å². The highest BCUT2D eigenvalue weighted by Crippen LogP contribution is 2.21. The van der Waals surface area contributed by atoms with E-state index >= 15 is 0 Å². The van der Waals surface area contributed by atoms with Gasteiger partial charge in [-0.25, -0.2) is 0 Å².